The fourth-order valence-corrected chi connectivity index (χ4v) is 7.90. The molecule has 0 fully saturated rings. The van der Waals surface area contributed by atoms with Crippen molar-refractivity contribution in [2.45, 2.75) is 6.92 Å². The van der Waals surface area contributed by atoms with Gasteiger partial charge in [-0.2, -0.15) is 0 Å². The number of hydrogen-bond acceptors (Lipinski definition) is 1. The number of hydrogen-bond donors (Lipinski definition) is 0. The Morgan fingerprint density at radius 3 is 1.35 bits per heavy atom. The van der Waals surface area contributed by atoms with E-state index in [9.17, 15) is 0 Å². The van der Waals surface area contributed by atoms with Gasteiger partial charge in [-0.05, 0) is 101 Å². The van der Waals surface area contributed by atoms with E-state index in [1.165, 1.54) is 60.3 Å². The maximum atomic E-state index is 4.66. The minimum atomic E-state index is 0.989. The molecule has 0 aliphatic rings. The number of aromatic nitrogens is 3. The van der Waals surface area contributed by atoms with E-state index in [1.54, 1.807) is 0 Å². The third-order valence-electron chi connectivity index (χ3n) is 10.3. The normalized spacial score (nSPS) is 11.6. The second kappa shape index (κ2) is 11.7. The molecule has 0 N–H and O–H groups in total. The van der Waals surface area contributed by atoms with Gasteiger partial charge in [0.15, 0.2) is 0 Å². The highest BCUT2D eigenvalue weighted by Crippen LogP contribution is 2.38. The molecule has 51 heavy (non-hydrogen) atoms. The van der Waals surface area contributed by atoms with E-state index in [0.29, 0.717) is 0 Å². The predicted octanol–water partition coefficient (Wildman–Crippen LogP) is 12.6. The van der Waals surface area contributed by atoms with Crippen molar-refractivity contribution in [3.05, 3.63) is 188 Å². The summed E-state index contributed by atoms with van der Waals surface area (Å²) in [7, 11) is 0. The largest absolute Gasteiger partial charge is 0.309 e. The first kappa shape index (κ1) is 29.2. The Labute approximate surface area is 296 Å². The molecule has 0 saturated carbocycles. The van der Waals surface area contributed by atoms with Gasteiger partial charge in [0, 0.05) is 44.7 Å². The van der Waals surface area contributed by atoms with Crippen LogP contribution in [0.25, 0.3) is 88.5 Å². The van der Waals surface area contributed by atoms with Crippen molar-refractivity contribution < 1.29 is 0 Å². The Kier molecular flexibility index (Phi) is 6.71. The van der Waals surface area contributed by atoms with Gasteiger partial charge in [-0.1, -0.05) is 109 Å². The van der Waals surface area contributed by atoms with Crippen LogP contribution in [0.3, 0.4) is 0 Å². The molecule has 3 nitrogen and oxygen atoms in total. The summed E-state index contributed by atoms with van der Waals surface area (Å²) in [4.78, 5) is 4.66. The first-order valence-corrected chi connectivity index (χ1v) is 17.5. The third-order valence-corrected chi connectivity index (χ3v) is 10.3. The van der Waals surface area contributed by atoms with Crippen LogP contribution in [-0.4, -0.2) is 14.1 Å². The van der Waals surface area contributed by atoms with Crippen LogP contribution >= 0.6 is 0 Å². The first-order chi connectivity index (χ1) is 25.2. The molecule has 0 atom stereocenters. The van der Waals surface area contributed by atoms with Crippen LogP contribution in [0.4, 0.5) is 0 Å². The molecule has 0 radical (unpaired) electrons. The van der Waals surface area contributed by atoms with Crippen LogP contribution in [0.1, 0.15) is 5.56 Å². The van der Waals surface area contributed by atoms with Gasteiger partial charge in [-0.25, -0.2) is 0 Å². The number of benzene rings is 7. The van der Waals surface area contributed by atoms with Crippen LogP contribution in [0.15, 0.2) is 182 Å². The second-order valence-electron chi connectivity index (χ2n) is 13.3. The summed E-state index contributed by atoms with van der Waals surface area (Å²) in [5.74, 6) is 0. The number of para-hydroxylation sites is 4. The zero-order chi connectivity index (χ0) is 33.9. The summed E-state index contributed by atoms with van der Waals surface area (Å²) in [6.07, 6.45) is 1.86. The third kappa shape index (κ3) is 4.78. The Bertz CT molecular complexity index is 2690. The van der Waals surface area contributed by atoms with Gasteiger partial charge in [-0.3, -0.25) is 4.98 Å². The molecule has 3 aromatic heterocycles. The standard InChI is InChI=1S/C48H33N3/c1-32-24-25-35(30-43(32)44-19-10-11-26-49-44)33-13-12-14-34(27-33)36-28-37(50-45-20-6-2-15-39(45)40-16-3-7-21-46(40)50)31-38(29-36)51-47-22-8-4-17-41(47)42-18-5-9-23-48(42)51/h2-31H,1H3. The van der Waals surface area contributed by atoms with E-state index in [0.717, 1.165) is 33.8 Å². The van der Waals surface area contributed by atoms with Gasteiger partial charge in [0.1, 0.15) is 0 Å². The molecule has 0 aliphatic heterocycles. The number of fused-ring (bicyclic) bond motifs is 6. The van der Waals surface area contributed by atoms with Crippen molar-refractivity contribution in [1.29, 1.82) is 0 Å². The van der Waals surface area contributed by atoms with E-state index in [-0.39, 0.29) is 0 Å². The molecular weight excluding hydrogens is 619 g/mol. The Balaban J connectivity index is 1.23. The average molecular weight is 652 g/mol. The summed E-state index contributed by atoms with van der Waals surface area (Å²) in [5.41, 5.74) is 15.0. The molecule has 3 heteroatoms. The van der Waals surface area contributed by atoms with Gasteiger partial charge in [0.25, 0.3) is 0 Å². The van der Waals surface area contributed by atoms with E-state index in [2.05, 4.69) is 185 Å². The SMILES string of the molecule is Cc1ccc(-c2cccc(-c3cc(-n4c5ccccc5c5ccccc54)cc(-n4c5ccccc5c5ccccc54)c3)c2)cc1-c1ccccn1. The first-order valence-electron chi connectivity index (χ1n) is 17.5. The zero-order valence-electron chi connectivity index (χ0n) is 28.2. The topological polar surface area (TPSA) is 22.8 Å². The van der Waals surface area contributed by atoms with Crippen LogP contribution in [0.2, 0.25) is 0 Å². The van der Waals surface area contributed by atoms with E-state index in [1.807, 2.05) is 18.3 Å². The number of pyridine rings is 1. The lowest BCUT2D eigenvalue weighted by Crippen LogP contribution is -2.00. The fourth-order valence-electron chi connectivity index (χ4n) is 7.90. The lowest BCUT2D eigenvalue weighted by molar-refractivity contribution is 1.13. The molecule has 0 aliphatic carbocycles. The maximum Gasteiger partial charge on any atom is 0.0704 e. The highest BCUT2D eigenvalue weighted by Gasteiger charge is 2.17. The predicted molar refractivity (Wildman–Crippen MR) is 214 cm³/mol. The van der Waals surface area contributed by atoms with Crippen molar-refractivity contribution in [3.63, 3.8) is 0 Å². The molecule has 10 aromatic rings. The highest BCUT2D eigenvalue weighted by atomic mass is 15.0. The summed E-state index contributed by atoms with van der Waals surface area (Å²) in [6.45, 7) is 2.15. The Morgan fingerprint density at radius 1 is 0.373 bits per heavy atom. The molecule has 10 rings (SSSR count). The molecule has 0 saturated heterocycles. The fraction of sp³-hybridized carbons (Fsp3) is 0.0208. The number of rotatable bonds is 5. The minimum Gasteiger partial charge on any atom is -0.309 e. The van der Waals surface area contributed by atoms with Crippen molar-refractivity contribution in [2.75, 3.05) is 0 Å². The van der Waals surface area contributed by atoms with Crippen molar-refractivity contribution in [1.82, 2.24) is 14.1 Å². The maximum absolute atomic E-state index is 4.66. The molecule has 3 heterocycles. The highest BCUT2D eigenvalue weighted by molar-refractivity contribution is 6.10. The smallest absolute Gasteiger partial charge is 0.0704 e. The molecule has 7 aromatic carbocycles. The molecule has 0 spiro atoms. The van der Waals surface area contributed by atoms with Crippen LogP contribution in [0, 0.1) is 6.92 Å². The van der Waals surface area contributed by atoms with Gasteiger partial charge in [-0.15, -0.1) is 0 Å². The zero-order valence-corrected chi connectivity index (χ0v) is 28.2. The lowest BCUT2D eigenvalue weighted by Gasteiger charge is -2.16. The van der Waals surface area contributed by atoms with E-state index >= 15 is 0 Å². The average Bonchev–Trinajstić information content (AvgIpc) is 3.72. The van der Waals surface area contributed by atoms with Crippen LogP contribution in [-0.2, 0) is 0 Å². The second-order valence-corrected chi connectivity index (χ2v) is 13.3. The van der Waals surface area contributed by atoms with Gasteiger partial charge < -0.3 is 9.13 Å². The summed E-state index contributed by atoms with van der Waals surface area (Å²) in [5, 5.41) is 5.01. The number of nitrogens with zero attached hydrogens (tertiary/aromatic N) is 3. The summed E-state index contributed by atoms with van der Waals surface area (Å²) >= 11 is 0. The lowest BCUT2D eigenvalue weighted by atomic mass is 9.95. The molecule has 0 bridgehead atoms. The van der Waals surface area contributed by atoms with Crippen molar-refractivity contribution in [2.24, 2.45) is 0 Å². The minimum absolute atomic E-state index is 0.989. The molecule has 0 amide bonds. The van der Waals surface area contributed by atoms with E-state index < -0.39 is 0 Å². The van der Waals surface area contributed by atoms with Crippen LogP contribution in [0.5, 0.6) is 0 Å². The summed E-state index contributed by atoms with van der Waals surface area (Å²) in [6, 6.07) is 63.8. The van der Waals surface area contributed by atoms with Gasteiger partial charge >= 0.3 is 0 Å². The van der Waals surface area contributed by atoms with Gasteiger partial charge in [0.05, 0.1) is 27.8 Å². The Hall–Kier alpha value is -6.71. The molecule has 0 unspecified atom stereocenters. The monoisotopic (exact) mass is 651 g/mol. The summed E-state index contributed by atoms with van der Waals surface area (Å²) < 4.78 is 4.85. The van der Waals surface area contributed by atoms with Crippen molar-refractivity contribution >= 4 is 43.6 Å². The van der Waals surface area contributed by atoms with Gasteiger partial charge in [0.2, 0.25) is 0 Å². The number of aryl methyl sites for hydroxylation is 1. The van der Waals surface area contributed by atoms with Crippen LogP contribution < -0.4 is 0 Å². The quantitative estimate of drug-likeness (QED) is 0.182. The molecular formula is C48H33N3. The van der Waals surface area contributed by atoms with E-state index in [4.69, 9.17) is 0 Å². The van der Waals surface area contributed by atoms with Crippen molar-refractivity contribution in [3.8, 4) is 44.9 Å². The Morgan fingerprint density at radius 2 is 0.843 bits per heavy atom. The molecule has 240 valence electrons.